The number of nitrogen functional groups attached to an aromatic ring is 1. The lowest BCUT2D eigenvalue weighted by molar-refractivity contribution is 0.607. The Morgan fingerprint density at radius 2 is 2.00 bits per heavy atom. The largest absolute Gasteiger partial charge is 0.368 e. The summed E-state index contributed by atoms with van der Waals surface area (Å²) in [6.45, 7) is 2.28. The third-order valence-corrected chi connectivity index (χ3v) is 2.61. The van der Waals surface area contributed by atoms with Gasteiger partial charge in [0.05, 0.1) is 0 Å². The van der Waals surface area contributed by atoms with Crippen LogP contribution in [0, 0.1) is 12.7 Å². The molecule has 0 amide bonds. The molecule has 2 aromatic rings. The average molecular weight is 246 g/mol. The molecule has 2 N–H and O–H groups in total. The minimum atomic E-state index is -0.219. The summed E-state index contributed by atoms with van der Waals surface area (Å²) in [5, 5.41) is 0. The summed E-state index contributed by atoms with van der Waals surface area (Å²) >= 11 is 0. The molecule has 0 aliphatic carbocycles. The SMILES string of the molecule is Cc1cc(N(C)Cc2ccccc2F)nc(N)n1. The minimum absolute atomic E-state index is 0.219. The van der Waals surface area contributed by atoms with Crippen molar-refractivity contribution < 1.29 is 4.39 Å². The second kappa shape index (κ2) is 5.00. The van der Waals surface area contributed by atoms with Gasteiger partial charge < -0.3 is 10.6 Å². The highest BCUT2D eigenvalue weighted by Crippen LogP contribution is 2.16. The summed E-state index contributed by atoms with van der Waals surface area (Å²) in [6.07, 6.45) is 0. The van der Waals surface area contributed by atoms with Gasteiger partial charge in [-0.25, -0.2) is 9.37 Å². The number of aromatic nitrogens is 2. The molecule has 1 aromatic carbocycles. The van der Waals surface area contributed by atoms with Gasteiger partial charge in [0.1, 0.15) is 11.6 Å². The predicted octanol–water partition coefficient (Wildman–Crippen LogP) is 2.14. The van der Waals surface area contributed by atoms with Crippen LogP contribution >= 0.6 is 0 Å². The standard InChI is InChI=1S/C13H15FN4/c1-9-7-12(17-13(15)16-9)18(2)8-10-5-3-4-6-11(10)14/h3-7H,8H2,1-2H3,(H2,15,16,17). The quantitative estimate of drug-likeness (QED) is 0.901. The maximum Gasteiger partial charge on any atom is 0.222 e. The molecule has 0 saturated heterocycles. The summed E-state index contributed by atoms with van der Waals surface area (Å²) < 4.78 is 13.5. The van der Waals surface area contributed by atoms with Crippen LogP contribution in [0.4, 0.5) is 16.2 Å². The summed E-state index contributed by atoms with van der Waals surface area (Å²) in [5.74, 6) is 0.691. The second-order valence-electron chi connectivity index (χ2n) is 4.17. The third-order valence-electron chi connectivity index (χ3n) is 2.61. The molecule has 0 aliphatic heterocycles. The van der Waals surface area contributed by atoms with Gasteiger partial charge in [-0.1, -0.05) is 18.2 Å². The van der Waals surface area contributed by atoms with Crippen molar-refractivity contribution >= 4 is 11.8 Å². The van der Waals surface area contributed by atoms with Crippen LogP contribution in [-0.4, -0.2) is 17.0 Å². The first kappa shape index (κ1) is 12.3. The Labute approximate surface area is 105 Å². The van der Waals surface area contributed by atoms with Crippen molar-refractivity contribution in [3.8, 4) is 0 Å². The molecule has 4 nitrogen and oxygen atoms in total. The van der Waals surface area contributed by atoms with E-state index in [1.807, 2.05) is 31.0 Å². The Morgan fingerprint density at radius 1 is 1.28 bits per heavy atom. The van der Waals surface area contributed by atoms with Gasteiger partial charge in [-0.2, -0.15) is 4.98 Å². The molecule has 5 heteroatoms. The molecule has 0 bridgehead atoms. The zero-order valence-electron chi connectivity index (χ0n) is 10.4. The van der Waals surface area contributed by atoms with Crippen LogP contribution in [0.3, 0.4) is 0 Å². The van der Waals surface area contributed by atoms with Gasteiger partial charge in [0.2, 0.25) is 5.95 Å². The lowest BCUT2D eigenvalue weighted by atomic mass is 10.2. The Hall–Kier alpha value is -2.17. The number of halogens is 1. The van der Waals surface area contributed by atoms with E-state index in [1.165, 1.54) is 6.07 Å². The van der Waals surface area contributed by atoms with E-state index in [2.05, 4.69) is 9.97 Å². The zero-order chi connectivity index (χ0) is 13.1. The lowest BCUT2D eigenvalue weighted by Gasteiger charge is -2.19. The lowest BCUT2D eigenvalue weighted by Crippen LogP contribution is -2.19. The van der Waals surface area contributed by atoms with Crippen LogP contribution in [0.1, 0.15) is 11.3 Å². The third kappa shape index (κ3) is 2.74. The number of hydrogen-bond acceptors (Lipinski definition) is 4. The Bertz CT molecular complexity index is 536. The van der Waals surface area contributed by atoms with Crippen LogP contribution in [0.25, 0.3) is 0 Å². The zero-order valence-corrected chi connectivity index (χ0v) is 10.4. The van der Waals surface area contributed by atoms with Gasteiger partial charge in [0.25, 0.3) is 0 Å². The first-order valence-corrected chi connectivity index (χ1v) is 5.62. The van der Waals surface area contributed by atoms with Gasteiger partial charge in [0, 0.05) is 30.9 Å². The van der Waals surface area contributed by atoms with E-state index in [0.717, 1.165) is 5.69 Å². The number of nitrogens with two attached hydrogens (primary N) is 1. The van der Waals surface area contributed by atoms with Crippen LogP contribution in [-0.2, 0) is 6.54 Å². The first-order chi connectivity index (χ1) is 8.56. The van der Waals surface area contributed by atoms with Gasteiger partial charge in [-0.15, -0.1) is 0 Å². The van der Waals surface area contributed by atoms with E-state index in [-0.39, 0.29) is 11.8 Å². The second-order valence-corrected chi connectivity index (χ2v) is 4.17. The van der Waals surface area contributed by atoms with Crippen molar-refractivity contribution in [1.29, 1.82) is 0 Å². The van der Waals surface area contributed by atoms with Gasteiger partial charge in [-0.3, -0.25) is 0 Å². The molecule has 1 heterocycles. The highest BCUT2D eigenvalue weighted by atomic mass is 19.1. The fraction of sp³-hybridized carbons (Fsp3) is 0.231. The fourth-order valence-electron chi connectivity index (χ4n) is 1.73. The molecule has 0 atom stereocenters. The van der Waals surface area contributed by atoms with Crippen molar-refractivity contribution in [2.24, 2.45) is 0 Å². The van der Waals surface area contributed by atoms with Crippen molar-refractivity contribution in [3.05, 3.63) is 47.4 Å². The van der Waals surface area contributed by atoms with E-state index in [1.54, 1.807) is 12.1 Å². The molecular weight excluding hydrogens is 231 g/mol. The van der Waals surface area contributed by atoms with E-state index < -0.39 is 0 Å². The van der Waals surface area contributed by atoms with Crippen LogP contribution in [0.2, 0.25) is 0 Å². The number of rotatable bonds is 3. The first-order valence-electron chi connectivity index (χ1n) is 5.62. The van der Waals surface area contributed by atoms with Crippen molar-refractivity contribution in [3.63, 3.8) is 0 Å². The normalized spacial score (nSPS) is 10.4. The highest BCUT2D eigenvalue weighted by molar-refractivity contribution is 5.43. The topological polar surface area (TPSA) is 55.0 Å². The number of aryl methyl sites for hydroxylation is 1. The maximum atomic E-state index is 13.5. The number of nitrogens with zero attached hydrogens (tertiary/aromatic N) is 3. The van der Waals surface area contributed by atoms with Gasteiger partial charge >= 0.3 is 0 Å². The average Bonchev–Trinajstić information content (AvgIpc) is 2.31. The molecule has 0 fully saturated rings. The van der Waals surface area contributed by atoms with E-state index >= 15 is 0 Å². The van der Waals surface area contributed by atoms with Crippen molar-refractivity contribution in [1.82, 2.24) is 9.97 Å². The molecule has 0 aliphatic rings. The number of benzene rings is 1. The molecule has 1 aromatic heterocycles. The van der Waals surface area contributed by atoms with E-state index in [4.69, 9.17) is 5.73 Å². The predicted molar refractivity (Wildman–Crippen MR) is 69.7 cm³/mol. The molecule has 0 radical (unpaired) electrons. The molecule has 2 rings (SSSR count). The van der Waals surface area contributed by atoms with Gasteiger partial charge in [0.15, 0.2) is 0 Å². The summed E-state index contributed by atoms with van der Waals surface area (Å²) in [5.41, 5.74) is 7.01. The van der Waals surface area contributed by atoms with Gasteiger partial charge in [-0.05, 0) is 13.0 Å². The molecule has 0 spiro atoms. The van der Waals surface area contributed by atoms with Crippen molar-refractivity contribution in [2.75, 3.05) is 17.7 Å². The summed E-state index contributed by atoms with van der Waals surface area (Å²) in [4.78, 5) is 9.97. The molecule has 18 heavy (non-hydrogen) atoms. The Morgan fingerprint density at radius 3 is 2.67 bits per heavy atom. The Kier molecular flexibility index (Phi) is 3.41. The molecule has 0 unspecified atom stereocenters. The summed E-state index contributed by atoms with van der Waals surface area (Å²) in [7, 11) is 1.84. The number of anilines is 2. The van der Waals surface area contributed by atoms with Crippen LogP contribution < -0.4 is 10.6 Å². The molecule has 0 saturated carbocycles. The van der Waals surface area contributed by atoms with Crippen LogP contribution in [0.15, 0.2) is 30.3 Å². The summed E-state index contributed by atoms with van der Waals surface area (Å²) in [6, 6.07) is 8.50. The van der Waals surface area contributed by atoms with E-state index in [9.17, 15) is 4.39 Å². The number of hydrogen-bond donors (Lipinski definition) is 1. The highest BCUT2D eigenvalue weighted by Gasteiger charge is 2.08. The smallest absolute Gasteiger partial charge is 0.222 e. The van der Waals surface area contributed by atoms with Crippen LogP contribution in [0.5, 0.6) is 0 Å². The van der Waals surface area contributed by atoms with Crippen molar-refractivity contribution in [2.45, 2.75) is 13.5 Å². The molecular formula is C13H15FN4. The molecule has 94 valence electrons. The minimum Gasteiger partial charge on any atom is -0.368 e. The van der Waals surface area contributed by atoms with E-state index in [0.29, 0.717) is 17.9 Å². The monoisotopic (exact) mass is 246 g/mol. The fourth-order valence-corrected chi connectivity index (χ4v) is 1.73. The maximum absolute atomic E-state index is 13.5. The Balaban J connectivity index is 2.22.